The first kappa shape index (κ1) is 18.9. The van der Waals surface area contributed by atoms with E-state index < -0.39 is 5.97 Å². The Labute approximate surface area is 165 Å². The highest BCUT2D eigenvalue weighted by Crippen LogP contribution is 2.30. The van der Waals surface area contributed by atoms with Gasteiger partial charge in [0.05, 0.1) is 23.2 Å². The van der Waals surface area contributed by atoms with Gasteiger partial charge in [-0.25, -0.2) is 14.6 Å². The molecule has 0 bridgehead atoms. The van der Waals surface area contributed by atoms with E-state index in [0.717, 1.165) is 12.8 Å². The minimum Gasteiger partial charge on any atom is -0.461 e. The molecule has 2 amide bonds. The molecule has 1 heterocycles. The van der Waals surface area contributed by atoms with Gasteiger partial charge in [-0.1, -0.05) is 23.2 Å². The first-order valence-corrected chi connectivity index (χ1v) is 9.75. The molecule has 2 aromatic rings. The lowest BCUT2D eigenvalue weighted by molar-refractivity contribution is 0.0520. The molecule has 0 unspecified atom stereocenters. The predicted molar refractivity (Wildman–Crippen MR) is 102 cm³/mol. The van der Waals surface area contributed by atoms with Gasteiger partial charge in [0.15, 0.2) is 5.69 Å². The fourth-order valence-corrected chi connectivity index (χ4v) is 3.41. The van der Waals surface area contributed by atoms with Gasteiger partial charge < -0.3 is 15.0 Å². The summed E-state index contributed by atoms with van der Waals surface area (Å²) < 4.78 is 4.94. The Morgan fingerprint density at radius 1 is 1.35 bits per heavy atom. The van der Waals surface area contributed by atoms with Crippen LogP contribution >= 0.6 is 34.5 Å². The Hall–Kier alpha value is -1.83. The normalized spacial score (nSPS) is 13.3. The molecule has 1 aromatic carbocycles. The Morgan fingerprint density at radius 2 is 2.12 bits per heavy atom. The fraction of sp³-hybridized carbons (Fsp3) is 0.353. The minimum atomic E-state index is -0.451. The largest absolute Gasteiger partial charge is 0.461 e. The number of urea groups is 1. The Bertz CT molecular complexity index is 823. The van der Waals surface area contributed by atoms with Crippen LogP contribution in [0.25, 0.3) is 0 Å². The standard InChI is InChI=1S/C17H17Cl2N3O3S/c1-2-25-16(23)14-9-26-15(21-14)8-22(11-4-5-11)17(24)20-10-3-6-12(18)13(19)7-10/h3,6-7,9,11H,2,4-5,8H2,1H3,(H,20,24). The molecule has 1 aromatic heterocycles. The maximum absolute atomic E-state index is 12.7. The number of anilines is 1. The highest BCUT2D eigenvalue weighted by molar-refractivity contribution is 7.09. The van der Waals surface area contributed by atoms with Gasteiger partial charge in [0.1, 0.15) is 5.01 Å². The molecule has 1 aliphatic rings. The van der Waals surface area contributed by atoms with Crippen molar-refractivity contribution < 1.29 is 14.3 Å². The third-order valence-corrected chi connectivity index (χ3v) is 5.33. The molecule has 0 spiro atoms. The van der Waals surface area contributed by atoms with Gasteiger partial charge >= 0.3 is 12.0 Å². The van der Waals surface area contributed by atoms with E-state index in [-0.39, 0.29) is 17.8 Å². The molecule has 0 saturated heterocycles. The molecule has 1 aliphatic carbocycles. The summed E-state index contributed by atoms with van der Waals surface area (Å²) in [5, 5.41) is 5.97. The summed E-state index contributed by atoms with van der Waals surface area (Å²) in [6.07, 6.45) is 1.90. The van der Waals surface area contributed by atoms with E-state index in [4.69, 9.17) is 27.9 Å². The van der Waals surface area contributed by atoms with Crippen molar-refractivity contribution >= 4 is 52.2 Å². The van der Waals surface area contributed by atoms with Gasteiger partial charge in [0, 0.05) is 17.1 Å². The van der Waals surface area contributed by atoms with E-state index in [1.54, 1.807) is 35.4 Å². The fourth-order valence-electron chi connectivity index (χ4n) is 2.35. The van der Waals surface area contributed by atoms with Crippen molar-refractivity contribution in [2.24, 2.45) is 0 Å². The summed E-state index contributed by atoms with van der Waals surface area (Å²) in [6.45, 7) is 2.38. The smallest absolute Gasteiger partial charge is 0.357 e. The molecule has 1 fully saturated rings. The van der Waals surface area contributed by atoms with E-state index in [2.05, 4.69) is 10.3 Å². The van der Waals surface area contributed by atoms with Gasteiger partial charge in [0.2, 0.25) is 0 Å². The Morgan fingerprint density at radius 3 is 2.77 bits per heavy atom. The van der Waals surface area contributed by atoms with Gasteiger partial charge in [-0.05, 0) is 38.0 Å². The molecule has 138 valence electrons. The number of halogens is 2. The van der Waals surface area contributed by atoms with E-state index in [9.17, 15) is 9.59 Å². The zero-order valence-electron chi connectivity index (χ0n) is 14.0. The number of hydrogen-bond acceptors (Lipinski definition) is 5. The predicted octanol–water partition coefficient (Wildman–Crippen LogP) is 4.82. The molecule has 0 radical (unpaired) electrons. The van der Waals surface area contributed by atoms with E-state index in [0.29, 0.717) is 33.9 Å². The van der Waals surface area contributed by atoms with Crippen LogP contribution in [0.5, 0.6) is 0 Å². The number of aromatic nitrogens is 1. The summed E-state index contributed by atoms with van der Waals surface area (Å²) in [4.78, 5) is 30.4. The summed E-state index contributed by atoms with van der Waals surface area (Å²) >= 11 is 13.2. The third kappa shape index (κ3) is 4.66. The molecule has 1 N–H and O–H groups in total. The number of hydrogen-bond donors (Lipinski definition) is 1. The molecule has 1 saturated carbocycles. The van der Waals surface area contributed by atoms with Gasteiger partial charge in [-0.3, -0.25) is 0 Å². The summed E-state index contributed by atoms with van der Waals surface area (Å²) in [5.74, 6) is -0.451. The molecule has 26 heavy (non-hydrogen) atoms. The number of nitrogens with one attached hydrogen (secondary N) is 1. The summed E-state index contributed by atoms with van der Waals surface area (Å²) in [6, 6.07) is 4.87. The van der Waals surface area contributed by atoms with Crippen LogP contribution in [-0.4, -0.2) is 34.5 Å². The number of esters is 1. The van der Waals surface area contributed by atoms with Crippen LogP contribution in [0.2, 0.25) is 10.0 Å². The van der Waals surface area contributed by atoms with Crippen molar-refractivity contribution in [3.05, 3.63) is 44.3 Å². The van der Waals surface area contributed by atoms with Crippen molar-refractivity contribution in [1.82, 2.24) is 9.88 Å². The second-order valence-corrected chi connectivity index (χ2v) is 7.52. The van der Waals surface area contributed by atoms with Gasteiger partial charge in [-0.2, -0.15) is 0 Å². The zero-order chi connectivity index (χ0) is 18.7. The van der Waals surface area contributed by atoms with E-state index in [1.807, 2.05) is 0 Å². The molecule has 0 atom stereocenters. The number of carbonyl (C=O) groups is 2. The molecular weight excluding hydrogens is 397 g/mol. The number of carbonyl (C=O) groups excluding carboxylic acids is 2. The SMILES string of the molecule is CCOC(=O)c1csc(CN(C(=O)Nc2ccc(Cl)c(Cl)c2)C2CC2)n1. The average molecular weight is 414 g/mol. The van der Waals surface area contributed by atoms with Crippen molar-refractivity contribution in [3.63, 3.8) is 0 Å². The van der Waals surface area contributed by atoms with Crippen LogP contribution in [0.1, 0.15) is 35.3 Å². The topological polar surface area (TPSA) is 71.5 Å². The first-order chi connectivity index (χ1) is 12.5. The van der Waals surface area contributed by atoms with Crippen LogP contribution in [0, 0.1) is 0 Å². The highest BCUT2D eigenvalue weighted by Gasteiger charge is 2.33. The number of rotatable bonds is 6. The second kappa shape index (κ2) is 8.24. The lowest BCUT2D eigenvalue weighted by Gasteiger charge is -2.22. The maximum Gasteiger partial charge on any atom is 0.357 e. The van der Waals surface area contributed by atoms with Crippen LogP contribution in [0.15, 0.2) is 23.6 Å². The lowest BCUT2D eigenvalue weighted by Crippen LogP contribution is -2.36. The molecule has 3 rings (SSSR count). The van der Waals surface area contributed by atoms with Crippen molar-refractivity contribution in [1.29, 1.82) is 0 Å². The maximum atomic E-state index is 12.7. The van der Waals surface area contributed by atoms with Crippen molar-refractivity contribution in [2.45, 2.75) is 32.4 Å². The summed E-state index contributed by atoms with van der Waals surface area (Å²) in [7, 11) is 0. The number of nitrogens with zero attached hydrogens (tertiary/aromatic N) is 2. The highest BCUT2D eigenvalue weighted by atomic mass is 35.5. The number of thiazole rings is 1. The Balaban J connectivity index is 1.68. The quantitative estimate of drug-likeness (QED) is 0.688. The van der Waals surface area contributed by atoms with Gasteiger partial charge in [0.25, 0.3) is 0 Å². The minimum absolute atomic E-state index is 0.174. The van der Waals surface area contributed by atoms with Crippen molar-refractivity contribution in [2.75, 3.05) is 11.9 Å². The van der Waals surface area contributed by atoms with E-state index in [1.165, 1.54) is 11.3 Å². The zero-order valence-corrected chi connectivity index (χ0v) is 16.3. The van der Waals surface area contributed by atoms with Crippen LogP contribution < -0.4 is 5.32 Å². The van der Waals surface area contributed by atoms with Crippen LogP contribution in [0.3, 0.4) is 0 Å². The molecular formula is C17H17Cl2N3O3S. The number of benzene rings is 1. The van der Waals surface area contributed by atoms with E-state index >= 15 is 0 Å². The van der Waals surface area contributed by atoms with Crippen molar-refractivity contribution in [3.8, 4) is 0 Å². The van der Waals surface area contributed by atoms with Crippen LogP contribution in [-0.2, 0) is 11.3 Å². The van der Waals surface area contributed by atoms with Gasteiger partial charge in [-0.15, -0.1) is 11.3 Å². The monoisotopic (exact) mass is 413 g/mol. The first-order valence-electron chi connectivity index (χ1n) is 8.12. The third-order valence-electron chi connectivity index (χ3n) is 3.76. The number of amides is 2. The molecule has 6 nitrogen and oxygen atoms in total. The lowest BCUT2D eigenvalue weighted by atomic mass is 10.3. The summed E-state index contributed by atoms with van der Waals surface area (Å²) in [5.41, 5.74) is 0.842. The van der Waals surface area contributed by atoms with Crippen LogP contribution in [0.4, 0.5) is 10.5 Å². The molecule has 9 heteroatoms. The number of ether oxygens (including phenoxy) is 1. The average Bonchev–Trinajstić information content (AvgIpc) is 3.33. The second-order valence-electron chi connectivity index (χ2n) is 5.77. The molecule has 0 aliphatic heterocycles. The Kier molecular flexibility index (Phi) is 6.01.